The predicted molar refractivity (Wildman–Crippen MR) is 105 cm³/mol. The molecule has 0 spiro atoms. The second-order valence-electron chi connectivity index (χ2n) is 4.99. The molecule has 2 rings (SSSR count). The van der Waals surface area contributed by atoms with E-state index >= 15 is 0 Å². The molecule has 0 aliphatic heterocycles. The van der Waals surface area contributed by atoms with Gasteiger partial charge in [-0.05, 0) is 24.6 Å². The van der Waals surface area contributed by atoms with Crippen molar-refractivity contribution >= 4 is 41.3 Å². The van der Waals surface area contributed by atoms with Gasteiger partial charge in [-0.2, -0.15) is 18.4 Å². The Hall–Kier alpha value is -1.87. The molecular formula is C16H17F3IN5S. The van der Waals surface area contributed by atoms with E-state index in [2.05, 4.69) is 26.7 Å². The summed E-state index contributed by atoms with van der Waals surface area (Å²) in [5, 5.41) is 16.2. The number of nitriles is 1. The molecule has 0 aliphatic carbocycles. The maximum Gasteiger partial charge on any atom is 0.434 e. The average molecular weight is 495 g/mol. The van der Waals surface area contributed by atoms with Crippen molar-refractivity contribution in [1.82, 2.24) is 15.6 Å². The summed E-state index contributed by atoms with van der Waals surface area (Å²) in [4.78, 5) is 7.94. The van der Waals surface area contributed by atoms with Crippen LogP contribution in [0, 0.1) is 11.3 Å². The molecule has 0 unspecified atom stereocenters. The Labute approximate surface area is 170 Å². The average Bonchev–Trinajstić information content (AvgIpc) is 3.07. The molecule has 1 aromatic heterocycles. The van der Waals surface area contributed by atoms with Crippen LogP contribution in [0.5, 0.6) is 0 Å². The summed E-state index contributed by atoms with van der Waals surface area (Å²) in [6.45, 7) is 2.98. The highest BCUT2D eigenvalue weighted by Crippen LogP contribution is 2.29. The van der Waals surface area contributed by atoms with Gasteiger partial charge in [-0.1, -0.05) is 12.1 Å². The molecule has 1 heterocycles. The molecule has 0 aliphatic rings. The lowest BCUT2D eigenvalue weighted by molar-refractivity contribution is -0.140. The molecule has 0 amide bonds. The van der Waals surface area contributed by atoms with Crippen LogP contribution in [0.4, 0.5) is 13.2 Å². The van der Waals surface area contributed by atoms with Gasteiger partial charge in [0.05, 0.1) is 24.7 Å². The van der Waals surface area contributed by atoms with E-state index in [1.807, 2.05) is 13.0 Å². The number of guanidine groups is 1. The number of hydrogen-bond donors (Lipinski definition) is 2. The number of aliphatic imine (C=N–C) groups is 1. The van der Waals surface area contributed by atoms with E-state index in [-0.39, 0.29) is 30.5 Å². The van der Waals surface area contributed by atoms with Crippen molar-refractivity contribution in [3.8, 4) is 6.07 Å². The lowest BCUT2D eigenvalue weighted by Gasteiger charge is -2.10. The molecule has 140 valence electrons. The van der Waals surface area contributed by atoms with Crippen molar-refractivity contribution in [2.24, 2.45) is 4.99 Å². The number of hydrogen-bond acceptors (Lipinski definition) is 4. The minimum absolute atomic E-state index is 0. The van der Waals surface area contributed by atoms with Crippen LogP contribution in [0.1, 0.15) is 28.8 Å². The molecule has 0 radical (unpaired) electrons. The number of alkyl halides is 3. The fourth-order valence-corrected chi connectivity index (χ4v) is 2.67. The Balaban J connectivity index is 0.00000338. The third kappa shape index (κ3) is 6.80. The molecule has 26 heavy (non-hydrogen) atoms. The van der Waals surface area contributed by atoms with Crippen LogP contribution in [0.15, 0.2) is 34.6 Å². The van der Waals surface area contributed by atoms with Crippen molar-refractivity contribution in [3.05, 3.63) is 51.5 Å². The zero-order valence-corrected chi connectivity index (χ0v) is 16.9. The smallest absolute Gasteiger partial charge is 0.357 e. The van der Waals surface area contributed by atoms with Crippen molar-refractivity contribution in [2.45, 2.75) is 26.2 Å². The van der Waals surface area contributed by atoms with Gasteiger partial charge in [0, 0.05) is 11.9 Å². The highest BCUT2D eigenvalue weighted by molar-refractivity contribution is 14.0. The van der Waals surface area contributed by atoms with E-state index in [9.17, 15) is 13.2 Å². The van der Waals surface area contributed by atoms with Crippen LogP contribution in [-0.2, 0) is 19.3 Å². The van der Waals surface area contributed by atoms with E-state index in [0.29, 0.717) is 29.6 Å². The minimum atomic E-state index is -4.43. The summed E-state index contributed by atoms with van der Waals surface area (Å²) < 4.78 is 37.7. The zero-order valence-electron chi connectivity index (χ0n) is 13.8. The predicted octanol–water partition coefficient (Wildman–Crippen LogP) is 3.91. The van der Waals surface area contributed by atoms with Crippen molar-refractivity contribution in [3.63, 3.8) is 0 Å². The Kier molecular flexibility index (Phi) is 8.80. The maximum absolute atomic E-state index is 12.6. The number of aromatic nitrogens is 1. The van der Waals surface area contributed by atoms with Crippen LogP contribution < -0.4 is 10.6 Å². The van der Waals surface area contributed by atoms with Gasteiger partial charge < -0.3 is 10.6 Å². The van der Waals surface area contributed by atoms with Crippen LogP contribution in [-0.4, -0.2) is 17.5 Å². The first-order valence-electron chi connectivity index (χ1n) is 7.45. The highest BCUT2D eigenvalue weighted by atomic mass is 127. The topological polar surface area (TPSA) is 73.1 Å². The molecule has 0 fully saturated rings. The molecular weight excluding hydrogens is 478 g/mol. The van der Waals surface area contributed by atoms with Crippen molar-refractivity contribution < 1.29 is 13.2 Å². The molecule has 2 N–H and O–H groups in total. The van der Waals surface area contributed by atoms with Gasteiger partial charge in [0.25, 0.3) is 0 Å². The van der Waals surface area contributed by atoms with Crippen LogP contribution >= 0.6 is 35.3 Å². The number of rotatable bonds is 5. The van der Waals surface area contributed by atoms with E-state index in [0.717, 1.165) is 22.3 Å². The van der Waals surface area contributed by atoms with Crippen LogP contribution in [0.2, 0.25) is 0 Å². The Morgan fingerprint density at radius 2 is 2.12 bits per heavy atom. The fourth-order valence-electron chi connectivity index (χ4n) is 1.93. The summed E-state index contributed by atoms with van der Waals surface area (Å²) >= 11 is 0.943. The lowest BCUT2D eigenvalue weighted by atomic mass is 10.1. The molecule has 5 nitrogen and oxygen atoms in total. The fraction of sp³-hybridized carbons (Fsp3) is 0.312. The van der Waals surface area contributed by atoms with E-state index in [1.165, 1.54) is 0 Å². The first-order chi connectivity index (χ1) is 11.9. The van der Waals surface area contributed by atoms with Gasteiger partial charge in [-0.25, -0.2) is 9.98 Å². The first-order valence-corrected chi connectivity index (χ1v) is 8.33. The summed E-state index contributed by atoms with van der Waals surface area (Å²) in [5.41, 5.74) is 0.530. The van der Waals surface area contributed by atoms with Crippen LogP contribution in [0.25, 0.3) is 0 Å². The SMILES string of the molecule is CCNC(=NCc1cccc(C#N)c1)NCc1nc(C(F)(F)F)cs1.I. The monoisotopic (exact) mass is 495 g/mol. The van der Waals surface area contributed by atoms with Gasteiger partial charge in [-0.15, -0.1) is 35.3 Å². The zero-order chi connectivity index (χ0) is 18.3. The van der Waals surface area contributed by atoms with Gasteiger partial charge in [0.15, 0.2) is 11.7 Å². The molecule has 10 heteroatoms. The second-order valence-corrected chi connectivity index (χ2v) is 5.93. The first kappa shape index (κ1) is 22.2. The van der Waals surface area contributed by atoms with E-state index in [4.69, 9.17) is 5.26 Å². The third-order valence-electron chi connectivity index (χ3n) is 3.07. The van der Waals surface area contributed by atoms with Gasteiger partial charge in [0.2, 0.25) is 0 Å². The standard InChI is InChI=1S/C16H16F3N5S.HI/c1-2-21-15(22-8-12-5-3-4-11(6-12)7-20)23-9-14-24-13(10-25-14)16(17,18)19;/h3-6,10H,2,8-9H2,1H3,(H2,21,22,23);1H. The van der Waals surface area contributed by atoms with Crippen molar-refractivity contribution in [1.29, 1.82) is 5.26 Å². The number of thiazole rings is 1. The maximum atomic E-state index is 12.6. The summed E-state index contributed by atoms with van der Waals surface area (Å²) in [6, 6.07) is 9.14. The van der Waals surface area contributed by atoms with Gasteiger partial charge >= 0.3 is 6.18 Å². The summed E-state index contributed by atoms with van der Waals surface area (Å²) in [7, 11) is 0. The number of benzene rings is 1. The third-order valence-corrected chi connectivity index (χ3v) is 3.92. The van der Waals surface area contributed by atoms with E-state index in [1.54, 1.807) is 18.2 Å². The Morgan fingerprint density at radius 1 is 1.35 bits per heavy atom. The Bertz CT molecular complexity index is 783. The van der Waals surface area contributed by atoms with Crippen LogP contribution in [0.3, 0.4) is 0 Å². The number of halogens is 4. The molecule has 2 aromatic rings. The number of nitrogens with one attached hydrogen (secondary N) is 2. The molecule has 0 atom stereocenters. The molecule has 0 bridgehead atoms. The largest absolute Gasteiger partial charge is 0.434 e. The van der Waals surface area contributed by atoms with E-state index < -0.39 is 11.9 Å². The molecule has 1 aromatic carbocycles. The summed E-state index contributed by atoms with van der Waals surface area (Å²) in [5.74, 6) is 0.466. The number of nitrogens with zero attached hydrogens (tertiary/aromatic N) is 3. The lowest BCUT2D eigenvalue weighted by Crippen LogP contribution is -2.36. The normalized spacial score (nSPS) is 11.4. The van der Waals surface area contributed by atoms with Gasteiger partial charge in [-0.3, -0.25) is 0 Å². The summed E-state index contributed by atoms with van der Waals surface area (Å²) in [6.07, 6.45) is -4.43. The quantitative estimate of drug-likeness (QED) is 0.375. The molecule has 0 saturated heterocycles. The minimum Gasteiger partial charge on any atom is -0.357 e. The van der Waals surface area contributed by atoms with Gasteiger partial charge in [0.1, 0.15) is 5.01 Å². The Morgan fingerprint density at radius 3 is 2.73 bits per heavy atom. The molecule has 0 saturated carbocycles. The second kappa shape index (κ2) is 10.3. The van der Waals surface area contributed by atoms with Crippen molar-refractivity contribution in [2.75, 3.05) is 6.54 Å². The highest BCUT2D eigenvalue weighted by Gasteiger charge is 2.33.